The number of carbonyl (C=O) groups excluding carboxylic acids is 2. The summed E-state index contributed by atoms with van der Waals surface area (Å²) in [6, 6.07) is 13.6. The summed E-state index contributed by atoms with van der Waals surface area (Å²) in [4.78, 5) is 24.1. The molecule has 0 saturated carbocycles. The molecular weight excluding hydrogens is 292 g/mol. The van der Waals surface area contributed by atoms with E-state index in [1.807, 2.05) is 32.9 Å². The molecule has 0 radical (unpaired) electrons. The zero-order chi connectivity index (χ0) is 16.8. The van der Waals surface area contributed by atoms with E-state index < -0.39 is 11.9 Å². The molecule has 0 heterocycles. The summed E-state index contributed by atoms with van der Waals surface area (Å²) in [5.41, 5.74) is 1.70. The van der Waals surface area contributed by atoms with Gasteiger partial charge in [0, 0.05) is 0 Å². The Morgan fingerprint density at radius 2 is 1.74 bits per heavy atom. The number of ether oxygens (including phenoxy) is 2. The average Bonchev–Trinajstić information content (AvgIpc) is 2.53. The molecular formula is C19H20O4. The summed E-state index contributed by atoms with van der Waals surface area (Å²) in [5.74, 6) is -0.290. The highest BCUT2D eigenvalue weighted by atomic mass is 16.5. The van der Waals surface area contributed by atoms with Gasteiger partial charge < -0.3 is 9.47 Å². The van der Waals surface area contributed by atoms with Crippen LogP contribution in [0.4, 0.5) is 0 Å². The zero-order valence-electron chi connectivity index (χ0n) is 13.5. The Labute approximate surface area is 136 Å². The summed E-state index contributed by atoms with van der Waals surface area (Å²) < 4.78 is 10.5. The molecule has 0 aliphatic rings. The second kappa shape index (κ2) is 7.58. The largest absolute Gasteiger partial charge is 0.462 e. The van der Waals surface area contributed by atoms with E-state index in [1.165, 1.54) is 6.07 Å². The minimum atomic E-state index is -0.448. The molecule has 2 rings (SSSR count). The van der Waals surface area contributed by atoms with Gasteiger partial charge in [0.05, 0.1) is 17.7 Å². The molecule has 0 aliphatic heterocycles. The highest BCUT2D eigenvalue weighted by Crippen LogP contribution is 2.17. The molecule has 0 saturated heterocycles. The fourth-order valence-electron chi connectivity index (χ4n) is 1.98. The number of rotatable bonds is 5. The number of hydrogen-bond donors (Lipinski definition) is 0. The van der Waals surface area contributed by atoms with Crippen LogP contribution < -0.4 is 4.74 Å². The van der Waals surface area contributed by atoms with E-state index in [0.717, 1.165) is 5.56 Å². The average molecular weight is 312 g/mol. The lowest BCUT2D eigenvalue weighted by molar-refractivity contribution is 0.0457. The van der Waals surface area contributed by atoms with Crippen LogP contribution in [0.25, 0.3) is 0 Å². The standard InChI is InChI=1S/C19H20O4/c1-13(2)12-22-18(20)15-8-6-9-16(11-15)23-19(21)17-10-5-4-7-14(17)3/h4-11,13H,12H2,1-3H3. The lowest BCUT2D eigenvalue weighted by Crippen LogP contribution is -2.12. The van der Waals surface area contributed by atoms with Crippen LogP contribution >= 0.6 is 0 Å². The molecule has 23 heavy (non-hydrogen) atoms. The Morgan fingerprint density at radius 3 is 2.43 bits per heavy atom. The molecule has 0 amide bonds. The monoisotopic (exact) mass is 312 g/mol. The molecule has 4 heteroatoms. The summed E-state index contributed by atoms with van der Waals surface area (Å²) in [6.07, 6.45) is 0. The van der Waals surface area contributed by atoms with Crippen LogP contribution in [-0.4, -0.2) is 18.5 Å². The Morgan fingerprint density at radius 1 is 1.00 bits per heavy atom. The van der Waals surface area contributed by atoms with Crippen molar-refractivity contribution >= 4 is 11.9 Å². The normalized spacial score (nSPS) is 10.4. The van der Waals surface area contributed by atoms with Gasteiger partial charge in [-0.05, 0) is 42.7 Å². The Bertz CT molecular complexity index is 704. The Hall–Kier alpha value is -2.62. The van der Waals surface area contributed by atoms with Gasteiger partial charge in [0.25, 0.3) is 0 Å². The minimum Gasteiger partial charge on any atom is -0.462 e. The first-order valence-electron chi connectivity index (χ1n) is 7.52. The van der Waals surface area contributed by atoms with Crippen molar-refractivity contribution in [2.45, 2.75) is 20.8 Å². The van der Waals surface area contributed by atoms with Crippen LogP contribution in [0.2, 0.25) is 0 Å². The van der Waals surface area contributed by atoms with Gasteiger partial charge in [-0.25, -0.2) is 9.59 Å². The minimum absolute atomic E-state index is 0.265. The van der Waals surface area contributed by atoms with Crippen LogP contribution in [0.5, 0.6) is 5.75 Å². The molecule has 4 nitrogen and oxygen atoms in total. The summed E-state index contributed by atoms with van der Waals surface area (Å²) in [7, 11) is 0. The lowest BCUT2D eigenvalue weighted by atomic mass is 10.1. The molecule has 0 fully saturated rings. The molecule has 0 spiro atoms. The second-order valence-electron chi connectivity index (χ2n) is 5.72. The second-order valence-corrected chi connectivity index (χ2v) is 5.72. The van der Waals surface area contributed by atoms with E-state index in [0.29, 0.717) is 23.5 Å². The van der Waals surface area contributed by atoms with E-state index in [9.17, 15) is 9.59 Å². The van der Waals surface area contributed by atoms with Gasteiger partial charge in [0.1, 0.15) is 5.75 Å². The molecule has 0 aromatic heterocycles. The van der Waals surface area contributed by atoms with Crippen molar-refractivity contribution in [3.8, 4) is 5.75 Å². The third kappa shape index (κ3) is 4.68. The predicted octanol–water partition coefficient (Wildman–Crippen LogP) is 4.03. The van der Waals surface area contributed by atoms with E-state index in [4.69, 9.17) is 9.47 Å². The van der Waals surface area contributed by atoms with Crippen molar-refractivity contribution in [1.82, 2.24) is 0 Å². The molecule has 2 aromatic rings. The highest BCUT2D eigenvalue weighted by molar-refractivity contribution is 5.93. The molecule has 0 bridgehead atoms. The fraction of sp³-hybridized carbons (Fsp3) is 0.263. The highest BCUT2D eigenvalue weighted by Gasteiger charge is 2.13. The quantitative estimate of drug-likeness (QED) is 0.618. The van der Waals surface area contributed by atoms with E-state index in [-0.39, 0.29) is 5.92 Å². The first-order chi connectivity index (χ1) is 11.0. The number of aryl methyl sites for hydroxylation is 1. The predicted molar refractivity (Wildman–Crippen MR) is 87.7 cm³/mol. The Kier molecular flexibility index (Phi) is 5.52. The van der Waals surface area contributed by atoms with Gasteiger partial charge in [-0.2, -0.15) is 0 Å². The molecule has 0 N–H and O–H groups in total. The first kappa shape index (κ1) is 16.7. The third-order valence-electron chi connectivity index (χ3n) is 3.19. The van der Waals surface area contributed by atoms with Gasteiger partial charge in [-0.15, -0.1) is 0 Å². The van der Waals surface area contributed by atoms with Crippen molar-refractivity contribution in [2.24, 2.45) is 5.92 Å². The van der Waals surface area contributed by atoms with Crippen molar-refractivity contribution in [3.05, 3.63) is 65.2 Å². The van der Waals surface area contributed by atoms with Crippen molar-refractivity contribution in [1.29, 1.82) is 0 Å². The zero-order valence-corrected chi connectivity index (χ0v) is 13.5. The molecule has 0 unspecified atom stereocenters. The maximum Gasteiger partial charge on any atom is 0.343 e. The van der Waals surface area contributed by atoms with E-state index in [1.54, 1.807) is 30.3 Å². The first-order valence-corrected chi connectivity index (χ1v) is 7.52. The number of hydrogen-bond acceptors (Lipinski definition) is 4. The van der Waals surface area contributed by atoms with Crippen molar-refractivity contribution < 1.29 is 19.1 Å². The smallest absolute Gasteiger partial charge is 0.343 e. The number of esters is 2. The maximum atomic E-state index is 12.2. The van der Waals surface area contributed by atoms with Crippen molar-refractivity contribution in [2.75, 3.05) is 6.61 Å². The van der Waals surface area contributed by atoms with Gasteiger partial charge in [0.15, 0.2) is 0 Å². The summed E-state index contributed by atoms with van der Waals surface area (Å²) >= 11 is 0. The summed E-state index contributed by atoms with van der Waals surface area (Å²) in [6.45, 7) is 6.13. The number of benzene rings is 2. The lowest BCUT2D eigenvalue weighted by Gasteiger charge is -2.09. The fourth-order valence-corrected chi connectivity index (χ4v) is 1.98. The van der Waals surface area contributed by atoms with Crippen LogP contribution in [-0.2, 0) is 4.74 Å². The van der Waals surface area contributed by atoms with E-state index >= 15 is 0 Å². The molecule has 120 valence electrons. The molecule has 2 aromatic carbocycles. The van der Waals surface area contributed by atoms with Crippen LogP contribution in [0.15, 0.2) is 48.5 Å². The van der Waals surface area contributed by atoms with Crippen LogP contribution in [0, 0.1) is 12.8 Å². The molecule has 0 aliphatic carbocycles. The molecule has 0 atom stereocenters. The van der Waals surface area contributed by atoms with E-state index in [2.05, 4.69) is 0 Å². The van der Waals surface area contributed by atoms with Crippen molar-refractivity contribution in [3.63, 3.8) is 0 Å². The number of carbonyl (C=O) groups is 2. The topological polar surface area (TPSA) is 52.6 Å². The van der Waals surface area contributed by atoms with Crippen LogP contribution in [0.3, 0.4) is 0 Å². The van der Waals surface area contributed by atoms with Gasteiger partial charge in [0.2, 0.25) is 0 Å². The SMILES string of the molecule is Cc1ccccc1C(=O)Oc1cccc(C(=O)OCC(C)C)c1. The Balaban J connectivity index is 2.09. The van der Waals surface area contributed by atoms with Gasteiger partial charge in [-0.3, -0.25) is 0 Å². The van der Waals surface area contributed by atoms with Crippen LogP contribution in [0.1, 0.15) is 40.1 Å². The third-order valence-corrected chi connectivity index (χ3v) is 3.19. The summed E-state index contributed by atoms with van der Waals surface area (Å²) in [5, 5.41) is 0. The van der Waals surface area contributed by atoms with Gasteiger partial charge >= 0.3 is 11.9 Å². The maximum absolute atomic E-state index is 12.2. The van der Waals surface area contributed by atoms with Gasteiger partial charge in [-0.1, -0.05) is 38.1 Å².